The number of halogens is 3. The monoisotopic (exact) mass is 442 g/mol. The van der Waals surface area contributed by atoms with Crippen LogP contribution in [-0.2, 0) is 19.1 Å². The van der Waals surface area contributed by atoms with Gasteiger partial charge in [-0.25, -0.2) is 4.98 Å². The van der Waals surface area contributed by atoms with Gasteiger partial charge in [0.15, 0.2) is 5.43 Å². The zero-order valence-electron chi connectivity index (χ0n) is 17.8. The van der Waals surface area contributed by atoms with Gasteiger partial charge in [0.1, 0.15) is 5.82 Å². The van der Waals surface area contributed by atoms with Crippen molar-refractivity contribution in [1.29, 1.82) is 0 Å². The summed E-state index contributed by atoms with van der Waals surface area (Å²) in [5, 5.41) is 3.91. The number of alkyl halides is 3. The minimum absolute atomic E-state index is 0.0391. The predicted octanol–water partition coefficient (Wildman–Crippen LogP) is 4.47. The summed E-state index contributed by atoms with van der Waals surface area (Å²) in [5.41, 5.74) is 2.02. The van der Waals surface area contributed by atoms with Crippen LogP contribution >= 0.6 is 0 Å². The maximum absolute atomic E-state index is 13.1. The SMILES string of the molecule is CC1CCN(Cc2cccc(C(F)(F)F)c2)CC1n1ccc(=O)c2cnc3c(c21)CCN3. The number of pyridine rings is 2. The summed E-state index contributed by atoms with van der Waals surface area (Å²) in [6, 6.07) is 7.29. The molecule has 2 aliphatic heterocycles. The minimum atomic E-state index is -4.34. The minimum Gasteiger partial charge on any atom is -0.369 e. The highest BCUT2D eigenvalue weighted by Crippen LogP contribution is 2.35. The van der Waals surface area contributed by atoms with Crippen molar-refractivity contribution >= 4 is 16.7 Å². The van der Waals surface area contributed by atoms with Crippen molar-refractivity contribution in [2.75, 3.05) is 25.0 Å². The Labute approximate surface area is 183 Å². The van der Waals surface area contributed by atoms with Crippen molar-refractivity contribution in [2.45, 2.75) is 38.5 Å². The first-order valence-corrected chi connectivity index (χ1v) is 11.0. The quantitative estimate of drug-likeness (QED) is 0.651. The van der Waals surface area contributed by atoms with Gasteiger partial charge in [-0.3, -0.25) is 9.69 Å². The number of piperidine rings is 1. The molecule has 0 bridgehead atoms. The first-order chi connectivity index (χ1) is 15.3. The highest BCUT2D eigenvalue weighted by atomic mass is 19.4. The molecule has 0 spiro atoms. The highest BCUT2D eigenvalue weighted by Gasteiger charge is 2.32. The number of anilines is 1. The molecule has 4 heterocycles. The van der Waals surface area contributed by atoms with Crippen LogP contribution in [0.25, 0.3) is 10.9 Å². The topological polar surface area (TPSA) is 50.2 Å². The van der Waals surface area contributed by atoms with Crippen LogP contribution in [0.5, 0.6) is 0 Å². The number of fused-ring (bicyclic) bond motifs is 3. The lowest BCUT2D eigenvalue weighted by Gasteiger charge is -2.39. The van der Waals surface area contributed by atoms with Crippen molar-refractivity contribution in [1.82, 2.24) is 14.5 Å². The Morgan fingerprint density at radius 2 is 2.09 bits per heavy atom. The molecule has 2 aliphatic rings. The maximum atomic E-state index is 13.1. The molecule has 0 aliphatic carbocycles. The van der Waals surface area contributed by atoms with Crippen LogP contribution in [0.1, 0.15) is 36.1 Å². The summed E-state index contributed by atoms with van der Waals surface area (Å²) in [6.07, 6.45) is 0.935. The predicted molar refractivity (Wildman–Crippen MR) is 118 cm³/mol. The third-order valence-corrected chi connectivity index (χ3v) is 6.75. The van der Waals surface area contributed by atoms with E-state index in [2.05, 4.69) is 26.7 Å². The smallest absolute Gasteiger partial charge is 0.369 e. The number of hydrogen-bond acceptors (Lipinski definition) is 4. The van der Waals surface area contributed by atoms with E-state index >= 15 is 0 Å². The van der Waals surface area contributed by atoms with E-state index in [9.17, 15) is 18.0 Å². The molecule has 32 heavy (non-hydrogen) atoms. The van der Waals surface area contributed by atoms with Crippen molar-refractivity contribution in [2.24, 2.45) is 5.92 Å². The summed E-state index contributed by atoms with van der Waals surface area (Å²) in [7, 11) is 0. The van der Waals surface area contributed by atoms with Crippen LogP contribution in [0.4, 0.5) is 19.0 Å². The Bertz CT molecular complexity index is 1220. The number of rotatable bonds is 3. The largest absolute Gasteiger partial charge is 0.416 e. The van der Waals surface area contributed by atoms with Gasteiger partial charge in [-0.1, -0.05) is 25.1 Å². The number of likely N-dealkylation sites (tertiary alicyclic amines) is 1. The zero-order chi connectivity index (χ0) is 22.5. The average Bonchev–Trinajstić information content (AvgIpc) is 3.24. The lowest BCUT2D eigenvalue weighted by Crippen LogP contribution is -2.40. The number of aromatic nitrogens is 2. The molecule has 3 aromatic rings. The van der Waals surface area contributed by atoms with E-state index in [-0.39, 0.29) is 11.5 Å². The van der Waals surface area contributed by atoms with E-state index < -0.39 is 11.7 Å². The molecule has 1 aromatic carbocycles. The Balaban J connectivity index is 1.48. The lowest BCUT2D eigenvalue weighted by molar-refractivity contribution is -0.137. The van der Waals surface area contributed by atoms with Gasteiger partial charge in [-0.2, -0.15) is 13.2 Å². The van der Waals surface area contributed by atoms with Gasteiger partial charge < -0.3 is 9.88 Å². The summed E-state index contributed by atoms with van der Waals surface area (Å²) >= 11 is 0. The van der Waals surface area contributed by atoms with E-state index in [1.165, 1.54) is 12.1 Å². The molecule has 0 saturated carbocycles. The summed E-state index contributed by atoms with van der Waals surface area (Å²) in [5.74, 6) is 1.21. The molecule has 2 atom stereocenters. The van der Waals surface area contributed by atoms with Crippen LogP contribution in [0, 0.1) is 5.92 Å². The highest BCUT2D eigenvalue weighted by molar-refractivity contribution is 5.86. The molecule has 2 aromatic heterocycles. The molecule has 0 amide bonds. The fourth-order valence-corrected chi connectivity index (χ4v) is 5.03. The second-order valence-electron chi connectivity index (χ2n) is 8.88. The Morgan fingerprint density at radius 3 is 2.91 bits per heavy atom. The number of nitrogens with one attached hydrogen (secondary N) is 1. The fourth-order valence-electron chi connectivity index (χ4n) is 5.03. The summed E-state index contributed by atoms with van der Waals surface area (Å²) in [6.45, 7) is 5.00. The Kier molecular flexibility index (Phi) is 5.20. The summed E-state index contributed by atoms with van der Waals surface area (Å²) in [4.78, 5) is 19.2. The van der Waals surface area contributed by atoms with Crippen LogP contribution in [0.3, 0.4) is 0 Å². The van der Waals surface area contributed by atoms with E-state index in [0.29, 0.717) is 30.0 Å². The van der Waals surface area contributed by atoms with Crippen molar-refractivity contribution in [3.63, 3.8) is 0 Å². The average molecular weight is 442 g/mol. The van der Waals surface area contributed by atoms with E-state index in [1.807, 2.05) is 6.20 Å². The molecule has 1 saturated heterocycles. The molecule has 5 rings (SSSR count). The third-order valence-electron chi connectivity index (χ3n) is 6.75. The number of nitrogens with zero attached hydrogens (tertiary/aromatic N) is 3. The Hall–Kier alpha value is -2.87. The van der Waals surface area contributed by atoms with E-state index in [4.69, 9.17) is 0 Å². The molecule has 1 N–H and O–H groups in total. The van der Waals surface area contributed by atoms with Crippen molar-refractivity contribution < 1.29 is 13.2 Å². The van der Waals surface area contributed by atoms with Gasteiger partial charge >= 0.3 is 6.18 Å². The fraction of sp³-hybridized carbons (Fsp3) is 0.417. The first-order valence-electron chi connectivity index (χ1n) is 11.0. The van der Waals surface area contributed by atoms with Gasteiger partial charge in [0.05, 0.1) is 16.5 Å². The number of hydrogen-bond donors (Lipinski definition) is 1. The lowest BCUT2D eigenvalue weighted by atomic mass is 9.92. The molecular weight excluding hydrogens is 417 g/mol. The van der Waals surface area contributed by atoms with E-state index in [0.717, 1.165) is 48.9 Å². The normalized spacial score (nSPS) is 21.5. The van der Waals surface area contributed by atoms with Crippen LogP contribution < -0.4 is 10.7 Å². The molecule has 8 heteroatoms. The number of benzene rings is 1. The van der Waals surface area contributed by atoms with E-state index in [1.54, 1.807) is 18.3 Å². The maximum Gasteiger partial charge on any atom is 0.416 e. The summed E-state index contributed by atoms with van der Waals surface area (Å²) < 4.78 is 41.6. The second-order valence-corrected chi connectivity index (χ2v) is 8.88. The van der Waals surface area contributed by atoms with Gasteiger partial charge in [-0.05, 0) is 36.9 Å². The second kappa shape index (κ2) is 7.92. The molecule has 168 valence electrons. The molecule has 5 nitrogen and oxygen atoms in total. The van der Waals surface area contributed by atoms with Crippen LogP contribution in [0.2, 0.25) is 0 Å². The third kappa shape index (κ3) is 3.77. The Morgan fingerprint density at radius 1 is 1.25 bits per heavy atom. The molecular formula is C24H25F3N4O. The molecule has 1 fully saturated rings. The van der Waals surface area contributed by atoms with Crippen molar-refractivity contribution in [3.05, 3.63) is 69.6 Å². The molecule has 0 radical (unpaired) electrons. The van der Waals surface area contributed by atoms with Gasteiger partial charge in [0.2, 0.25) is 0 Å². The van der Waals surface area contributed by atoms with Gasteiger partial charge in [0, 0.05) is 49.7 Å². The standard InChI is InChI=1S/C24H25F3N4O/c1-15-6-9-30(13-16-3-2-4-17(11-16)24(25,26)27)14-20(15)31-10-7-21(32)19-12-29-23-18(22(19)31)5-8-28-23/h2-4,7,10-12,15,20H,5-6,8-9,13-14H2,1H3,(H,28,29). The first kappa shape index (κ1) is 21.0. The van der Waals surface area contributed by atoms with Crippen LogP contribution in [0.15, 0.2) is 47.5 Å². The van der Waals surface area contributed by atoms with Crippen LogP contribution in [-0.4, -0.2) is 34.1 Å². The van der Waals surface area contributed by atoms with Gasteiger partial charge in [-0.15, -0.1) is 0 Å². The van der Waals surface area contributed by atoms with Crippen molar-refractivity contribution in [3.8, 4) is 0 Å². The zero-order valence-corrected chi connectivity index (χ0v) is 17.8. The van der Waals surface area contributed by atoms with Gasteiger partial charge in [0.25, 0.3) is 0 Å². The molecule has 2 unspecified atom stereocenters.